The van der Waals surface area contributed by atoms with Crippen LogP contribution in [-0.4, -0.2) is 56.6 Å². The van der Waals surface area contributed by atoms with Gasteiger partial charge in [0.05, 0.1) is 19.4 Å². The van der Waals surface area contributed by atoms with Crippen molar-refractivity contribution in [1.82, 2.24) is 24.4 Å². The zero-order valence-corrected chi connectivity index (χ0v) is 18.1. The Morgan fingerprint density at radius 2 is 1.88 bits per heavy atom. The number of aromatic nitrogens is 5. The van der Waals surface area contributed by atoms with E-state index in [4.69, 9.17) is 15.5 Å². The molecule has 1 aromatic carbocycles. The highest BCUT2D eigenvalue weighted by molar-refractivity contribution is 5.94. The number of amides is 1. The van der Waals surface area contributed by atoms with Crippen molar-refractivity contribution in [3.05, 3.63) is 60.0 Å². The van der Waals surface area contributed by atoms with Crippen molar-refractivity contribution in [1.29, 1.82) is 0 Å². The summed E-state index contributed by atoms with van der Waals surface area (Å²) in [5.74, 6) is 0.949. The standard InChI is InChI=1S/C23H25N7O2/c1-15(2)20-21(22(24)31)27-30-19(28-8-10-32-11-9-28)12-18(26-23(20)30)29-14-17(13-25-29)16-6-4-3-5-7-16/h3-7,12-15H,8-11H2,1-2H3,(H2,24,31). The molecular formula is C23H25N7O2. The number of benzene rings is 1. The van der Waals surface area contributed by atoms with Crippen LogP contribution in [0.15, 0.2) is 48.8 Å². The molecular weight excluding hydrogens is 406 g/mol. The van der Waals surface area contributed by atoms with Gasteiger partial charge < -0.3 is 15.4 Å². The highest BCUT2D eigenvalue weighted by Gasteiger charge is 2.25. The van der Waals surface area contributed by atoms with E-state index in [1.165, 1.54) is 0 Å². The number of carbonyl (C=O) groups excluding carboxylic acids is 1. The van der Waals surface area contributed by atoms with Gasteiger partial charge in [0.15, 0.2) is 17.2 Å². The monoisotopic (exact) mass is 431 g/mol. The van der Waals surface area contributed by atoms with Crippen LogP contribution in [-0.2, 0) is 4.74 Å². The third-order valence-corrected chi connectivity index (χ3v) is 5.66. The van der Waals surface area contributed by atoms with E-state index in [0.29, 0.717) is 24.7 Å². The molecule has 0 aliphatic carbocycles. The van der Waals surface area contributed by atoms with Gasteiger partial charge in [0.1, 0.15) is 5.82 Å². The maximum atomic E-state index is 12.2. The van der Waals surface area contributed by atoms with E-state index < -0.39 is 5.91 Å². The molecule has 9 heteroatoms. The zero-order valence-electron chi connectivity index (χ0n) is 18.1. The number of anilines is 1. The molecule has 0 radical (unpaired) electrons. The minimum absolute atomic E-state index is 0.0211. The number of rotatable bonds is 5. The van der Waals surface area contributed by atoms with E-state index >= 15 is 0 Å². The summed E-state index contributed by atoms with van der Waals surface area (Å²) in [5.41, 5.74) is 9.35. The number of morpholine rings is 1. The van der Waals surface area contributed by atoms with Gasteiger partial charge in [0.2, 0.25) is 0 Å². The maximum Gasteiger partial charge on any atom is 0.269 e. The molecule has 1 amide bonds. The Morgan fingerprint density at radius 3 is 2.56 bits per heavy atom. The predicted octanol–water partition coefficient (Wildman–Crippen LogP) is 2.64. The molecule has 1 saturated heterocycles. The van der Waals surface area contributed by atoms with Gasteiger partial charge in [-0.25, -0.2) is 9.67 Å². The first-order chi connectivity index (χ1) is 15.5. The molecule has 2 N–H and O–H groups in total. The summed E-state index contributed by atoms with van der Waals surface area (Å²) in [6.45, 7) is 6.70. The van der Waals surface area contributed by atoms with Crippen molar-refractivity contribution < 1.29 is 9.53 Å². The van der Waals surface area contributed by atoms with Gasteiger partial charge in [-0.05, 0) is 11.5 Å². The lowest BCUT2D eigenvalue weighted by atomic mass is 10.0. The lowest BCUT2D eigenvalue weighted by molar-refractivity contribution is 0.0994. The summed E-state index contributed by atoms with van der Waals surface area (Å²) in [4.78, 5) is 19.2. The molecule has 0 bridgehead atoms. The molecule has 5 rings (SSSR count). The van der Waals surface area contributed by atoms with Gasteiger partial charge in [-0.1, -0.05) is 44.2 Å². The summed E-state index contributed by atoms with van der Waals surface area (Å²) in [5, 5.41) is 9.13. The number of hydrogen-bond donors (Lipinski definition) is 1. The maximum absolute atomic E-state index is 12.2. The van der Waals surface area contributed by atoms with Crippen LogP contribution in [0, 0.1) is 0 Å². The Labute approximate surface area is 185 Å². The van der Waals surface area contributed by atoms with E-state index in [1.807, 2.05) is 62.6 Å². The molecule has 4 aromatic rings. The second-order valence-corrected chi connectivity index (χ2v) is 8.13. The number of hydrogen-bond acceptors (Lipinski definition) is 6. The van der Waals surface area contributed by atoms with Crippen LogP contribution in [0.5, 0.6) is 0 Å². The molecule has 0 unspecified atom stereocenters. The van der Waals surface area contributed by atoms with Crippen LogP contribution in [0.3, 0.4) is 0 Å². The van der Waals surface area contributed by atoms with Crippen molar-refractivity contribution in [2.24, 2.45) is 5.73 Å². The summed E-state index contributed by atoms with van der Waals surface area (Å²) in [6, 6.07) is 12.0. The average Bonchev–Trinajstić information content (AvgIpc) is 3.45. The minimum Gasteiger partial charge on any atom is -0.378 e. The minimum atomic E-state index is -0.556. The van der Waals surface area contributed by atoms with Gasteiger partial charge in [-0.3, -0.25) is 4.79 Å². The van der Waals surface area contributed by atoms with E-state index in [1.54, 1.807) is 9.20 Å². The molecule has 32 heavy (non-hydrogen) atoms. The van der Waals surface area contributed by atoms with Crippen molar-refractivity contribution in [3.63, 3.8) is 0 Å². The lowest BCUT2D eigenvalue weighted by Crippen LogP contribution is -2.37. The number of nitrogens with zero attached hydrogens (tertiary/aromatic N) is 6. The molecule has 9 nitrogen and oxygen atoms in total. The molecule has 164 valence electrons. The van der Waals surface area contributed by atoms with Gasteiger partial charge >= 0.3 is 0 Å². The largest absolute Gasteiger partial charge is 0.378 e. The third kappa shape index (κ3) is 3.50. The van der Waals surface area contributed by atoms with Gasteiger partial charge in [-0.2, -0.15) is 14.7 Å². The van der Waals surface area contributed by atoms with Crippen molar-refractivity contribution >= 4 is 17.4 Å². The number of carbonyl (C=O) groups is 1. The van der Waals surface area contributed by atoms with Gasteiger partial charge in [-0.15, -0.1) is 0 Å². The fourth-order valence-electron chi connectivity index (χ4n) is 4.08. The summed E-state index contributed by atoms with van der Waals surface area (Å²) < 4.78 is 9.01. The Balaban J connectivity index is 1.70. The highest BCUT2D eigenvalue weighted by Crippen LogP contribution is 2.29. The van der Waals surface area contributed by atoms with E-state index in [0.717, 1.165) is 35.6 Å². The van der Waals surface area contributed by atoms with Crippen molar-refractivity contribution in [2.45, 2.75) is 19.8 Å². The molecule has 1 aliphatic rings. The molecule has 1 fully saturated rings. The number of primary amides is 1. The van der Waals surface area contributed by atoms with Gasteiger partial charge in [0, 0.05) is 36.5 Å². The molecule has 0 spiro atoms. The van der Waals surface area contributed by atoms with Crippen LogP contribution in [0.2, 0.25) is 0 Å². The first-order valence-electron chi connectivity index (χ1n) is 10.7. The normalized spacial score (nSPS) is 14.4. The van der Waals surface area contributed by atoms with Crippen molar-refractivity contribution in [3.8, 4) is 16.9 Å². The summed E-state index contributed by atoms with van der Waals surface area (Å²) in [6.07, 6.45) is 3.78. The highest BCUT2D eigenvalue weighted by atomic mass is 16.5. The first-order valence-corrected chi connectivity index (χ1v) is 10.7. The molecule has 3 aromatic heterocycles. The SMILES string of the molecule is CC(C)c1c(C(N)=O)nn2c(N3CCOCC3)cc(-n3cc(-c4ccccc4)cn3)nc12. The van der Waals surface area contributed by atoms with Crippen LogP contribution in [0.4, 0.5) is 5.82 Å². The Morgan fingerprint density at radius 1 is 1.12 bits per heavy atom. The number of nitrogens with two attached hydrogens (primary N) is 1. The number of fused-ring (bicyclic) bond motifs is 1. The van der Waals surface area contributed by atoms with Crippen LogP contribution in [0.25, 0.3) is 22.6 Å². The zero-order chi connectivity index (χ0) is 22.2. The quantitative estimate of drug-likeness (QED) is 0.521. The number of ether oxygens (including phenoxy) is 1. The first kappa shape index (κ1) is 20.2. The Kier molecular flexibility index (Phi) is 5.10. The van der Waals surface area contributed by atoms with Gasteiger partial charge in [0.25, 0.3) is 5.91 Å². The molecule has 0 saturated carbocycles. The molecule has 1 aliphatic heterocycles. The average molecular weight is 432 g/mol. The summed E-state index contributed by atoms with van der Waals surface area (Å²) in [7, 11) is 0. The van der Waals surface area contributed by atoms with Crippen LogP contribution >= 0.6 is 0 Å². The Bertz CT molecular complexity index is 1270. The van der Waals surface area contributed by atoms with Crippen molar-refractivity contribution in [2.75, 3.05) is 31.2 Å². The van der Waals surface area contributed by atoms with Crippen LogP contribution < -0.4 is 10.6 Å². The summed E-state index contributed by atoms with van der Waals surface area (Å²) >= 11 is 0. The lowest BCUT2D eigenvalue weighted by Gasteiger charge is -2.29. The smallest absolute Gasteiger partial charge is 0.269 e. The topological polar surface area (TPSA) is 104 Å². The molecule has 0 atom stereocenters. The third-order valence-electron chi connectivity index (χ3n) is 5.66. The second-order valence-electron chi connectivity index (χ2n) is 8.13. The predicted molar refractivity (Wildman–Crippen MR) is 121 cm³/mol. The van der Waals surface area contributed by atoms with E-state index in [-0.39, 0.29) is 11.6 Å². The Hall–Kier alpha value is -3.72. The fraction of sp³-hybridized carbons (Fsp3) is 0.304. The van der Waals surface area contributed by atoms with E-state index in [9.17, 15) is 4.79 Å². The van der Waals surface area contributed by atoms with E-state index in [2.05, 4.69) is 15.1 Å². The molecule has 4 heterocycles. The fourth-order valence-corrected chi connectivity index (χ4v) is 4.08. The second kappa shape index (κ2) is 8.08. The van der Waals surface area contributed by atoms with Crippen LogP contribution in [0.1, 0.15) is 35.8 Å².